The first-order valence-corrected chi connectivity index (χ1v) is 3.68. The van der Waals surface area contributed by atoms with Gasteiger partial charge in [-0.3, -0.25) is 4.79 Å². The summed E-state index contributed by atoms with van der Waals surface area (Å²) < 4.78 is 4.67. The lowest BCUT2D eigenvalue weighted by Crippen LogP contribution is -2.37. The van der Waals surface area contributed by atoms with E-state index < -0.39 is 24.0 Å². The number of aliphatic carboxylic acids is 2. The number of hydrogen-bond donors (Lipinski definition) is 3. The fraction of sp³-hybridized carbons (Fsp3) is 0.250. The summed E-state index contributed by atoms with van der Waals surface area (Å²) in [7, 11) is 0. The van der Waals surface area contributed by atoms with Gasteiger partial charge >= 0.3 is 11.9 Å². The second-order valence-corrected chi connectivity index (χ2v) is 2.71. The highest BCUT2D eigenvalue weighted by Gasteiger charge is 2.43. The Bertz CT molecular complexity index is 341. The highest BCUT2D eigenvalue weighted by atomic mass is 16.4. The summed E-state index contributed by atoms with van der Waals surface area (Å²) in [5.41, 5.74) is -2.50. The van der Waals surface area contributed by atoms with E-state index in [1.807, 2.05) is 0 Å². The predicted molar refractivity (Wildman–Crippen MR) is 42.5 cm³/mol. The molecule has 0 aliphatic carbocycles. The van der Waals surface area contributed by atoms with Crippen LogP contribution in [-0.2, 0) is 15.2 Å². The van der Waals surface area contributed by atoms with Crippen LogP contribution in [0.25, 0.3) is 0 Å². The zero-order valence-electron chi connectivity index (χ0n) is 7.01. The maximum atomic E-state index is 10.7. The minimum absolute atomic E-state index is 0.299. The van der Waals surface area contributed by atoms with Gasteiger partial charge in [0.15, 0.2) is 0 Å². The van der Waals surface area contributed by atoms with Crippen LogP contribution in [0.2, 0.25) is 0 Å². The number of furan rings is 1. The van der Waals surface area contributed by atoms with Gasteiger partial charge in [0.2, 0.25) is 5.60 Å². The fourth-order valence-electron chi connectivity index (χ4n) is 1.00. The molecule has 0 spiro atoms. The zero-order valence-corrected chi connectivity index (χ0v) is 7.01. The molecule has 1 heterocycles. The molecule has 1 atom stereocenters. The first-order chi connectivity index (χ1) is 6.47. The van der Waals surface area contributed by atoms with Gasteiger partial charge in [0.1, 0.15) is 5.76 Å². The van der Waals surface area contributed by atoms with E-state index in [0.717, 1.165) is 6.26 Å². The predicted octanol–water partition coefficient (Wildman–Crippen LogP) is 0.0265. The molecule has 0 radical (unpaired) electrons. The molecule has 1 aromatic heterocycles. The fourth-order valence-corrected chi connectivity index (χ4v) is 1.00. The normalized spacial score (nSPS) is 14.6. The topological polar surface area (TPSA) is 108 Å². The number of aliphatic hydroxyl groups is 1. The van der Waals surface area contributed by atoms with Crippen LogP contribution >= 0.6 is 0 Å². The highest BCUT2D eigenvalue weighted by molar-refractivity contribution is 5.84. The molecule has 1 unspecified atom stereocenters. The average molecular weight is 200 g/mol. The molecule has 1 aromatic rings. The van der Waals surface area contributed by atoms with Crippen LogP contribution in [0.15, 0.2) is 22.8 Å². The van der Waals surface area contributed by atoms with E-state index in [-0.39, 0.29) is 5.76 Å². The van der Waals surface area contributed by atoms with E-state index in [1.54, 1.807) is 0 Å². The van der Waals surface area contributed by atoms with Crippen LogP contribution in [0, 0.1) is 0 Å². The van der Waals surface area contributed by atoms with Gasteiger partial charge in [0, 0.05) is 0 Å². The van der Waals surface area contributed by atoms with Gasteiger partial charge in [-0.05, 0) is 12.1 Å². The Hall–Kier alpha value is -1.82. The lowest BCUT2D eigenvalue weighted by molar-refractivity contribution is -0.168. The number of carbonyl (C=O) groups is 2. The van der Waals surface area contributed by atoms with E-state index in [2.05, 4.69) is 4.42 Å². The second-order valence-electron chi connectivity index (χ2n) is 2.71. The van der Waals surface area contributed by atoms with Crippen molar-refractivity contribution in [1.82, 2.24) is 0 Å². The van der Waals surface area contributed by atoms with E-state index in [4.69, 9.17) is 10.2 Å². The zero-order chi connectivity index (χ0) is 10.8. The summed E-state index contributed by atoms with van der Waals surface area (Å²) in [6.45, 7) is 0. The van der Waals surface area contributed by atoms with Crippen molar-refractivity contribution in [2.45, 2.75) is 12.0 Å². The second kappa shape index (κ2) is 3.51. The summed E-state index contributed by atoms with van der Waals surface area (Å²) in [5.74, 6) is -3.38. The van der Waals surface area contributed by atoms with Crippen molar-refractivity contribution in [1.29, 1.82) is 0 Å². The first kappa shape index (κ1) is 10.3. The maximum Gasteiger partial charge on any atom is 0.344 e. The Morgan fingerprint density at radius 1 is 1.43 bits per heavy atom. The molecule has 0 aromatic carbocycles. The standard InChI is InChI=1S/C8H8O6/c9-6(10)4-8(13,7(11)12)5-2-1-3-14-5/h1-3,13H,4H2,(H,9,10)(H,11,12). The van der Waals surface area contributed by atoms with Gasteiger partial charge in [-0.15, -0.1) is 0 Å². The van der Waals surface area contributed by atoms with Crippen LogP contribution in [0.1, 0.15) is 12.2 Å². The van der Waals surface area contributed by atoms with Crippen molar-refractivity contribution in [3.05, 3.63) is 24.2 Å². The van der Waals surface area contributed by atoms with Gasteiger partial charge in [-0.25, -0.2) is 4.79 Å². The summed E-state index contributed by atoms with van der Waals surface area (Å²) in [6, 6.07) is 2.57. The molecule has 14 heavy (non-hydrogen) atoms. The minimum atomic E-state index is -2.50. The van der Waals surface area contributed by atoms with Crippen LogP contribution in [0.5, 0.6) is 0 Å². The molecule has 0 aliphatic heterocycles. The SMILES string of the molecule is O=C(O)CC(O)(C(=O)O)c1ccco1. The molecule has 0 amide bonds. The number of carboxylic acids is 2. The summed E-state index contributed by atoms with van der Waals surface area (Å²) in [4.78, 5) is 21.0. The Labute approximate surface area is 78.4 Å². The Morgan fingerprint density at radius 2 is 2.07 bits per heavy atom. The molecule has 0 saturated heterocycles. The maximum absolute atomic E-state index is 10.7. The molecular formula is C8H8O6. The van der Waals surface area contributed by atoms with Crippen LogP contribution in [-0.4, -0.2) is 27.3 Å². The van der Waals surface area contributed by atoms with Gasteiger partial charge < -0.3 is 19.7 Å². The quantitative estimate of drug-likeness (QED) is 0.632. The van der Waals surface area contributed by atoms with Crippen LogP contribution in [0.3, 0.4) is 0 Å². The lowest BCUT2D eigenvalue weighted by Gasteiger charge is -2.18. The van der Waals surface area contributed by atoms with Gasteiger partial charge in [-0.1, -0.05) is 0 Å². The number of carboxylic acid groups (broad SMARTS) is 2. The van der Waals surface area contributed by atoms with Crippen molar-refractivity contribution in [3.8, 4) is 0 Å². The van der Waals surface area contributed by atoms with Crippen molar-refractivity contribution in [3.63, 3.8) is 0 Å². The van der Waals surface area contributed by atoms with Crippen molar-refractivity contribution in [2.24, 2.45) is 0 Å². The molecule has 6 heteroatoms. The summed E-state index contributed by atoms with van der Waals surface area (Å²) in [5, 5.41) is 26.7. The average Bonchev–Trinajstić information content (AvgIpc) is 2.53. The summed E-state index contributed by atoms with van der Waals surface area (Å²) >= 11 is 0. The molecule has 0 bridgehead atoms. The molecule has 1 rings (SSSR count). The molecular weight excluding hydrogens is 192 g/mol. The van der Waals surface area contributed by atoms with E-state index >= 15 is 0 Å². The molecule has 6 nitrogen and oxygen atoms in total. The number of rotatable bonds is 4. The number of hydrogen-bond acceptors (Lipinski definition) is 4. The third kappa shape index (κ3) is 1.74. The monoisotopic (exact) mass is 200 g/mol. The van der Waals surface area contributed by atoms with Gasteiger partial charge in [-0.2, -0.15) is 0 Å². The molecule has 0 aliphatic rings. The minimum Gasteiger partial charge on any atom is -0.481 e. The van der Waals surface area contributed by atoms with E-state index in [1.165, 1.54) is 12.1 Å². The lowest BCUT2D eigenvalue weighted by atomic mass is 9.97. The first-order valence-electron chi connectivity index (χ1n) is 3.68. The molecule has 0 saturated carbocycles. The van der Waals surface area contributed by atoms with Gasteiger partial charge in [0.05, 0.1) is 12.7 Å². The van der Waals surface area contributed by atoms with Gasteiger partial charge in [0.25, 0.3) is 0 Å². The van der Waals surface area contributed by atoms with Crippen LogP contribution in [0.4, 0.5) is 0 Å². The van der Waals surface area contributed by atoms with E-state index in [0.29, 0.717) is 0 Å². The molecule has 76 valence electrons. The third-order valence-corrected chi connectivity index (χ3v) is 1.69. The Morgan fingerprint density at radius 3 is 2.43 bits per heavy atom. The van der Waals surface area contributed by atoms with Crippen LogP contribution < -0.4 is 0 Å². The van der Waals surface area contributed by atoms with E-state index in [9.17, 15) is 14.7 Å². The third-order valence-electron chi connectivity index (χ3n) is 1.69. The Kier molecular flexibility index (Phi) is 2.57. The molecule has 3 N–H and O–H groups in total. The largest absolute Gasteiger partial charge is 0.481 e. The smallest absolute Gasteiger partial charge is 0.344 e. The molecule has 0 fully saturated rings. The van der Waals surface area contributed by atoms with Crippen molar-refractivity contribution in [2.75, 3.05) is 0 Å². The van der Waals surface area contributed by atoms with Crippen molar-refractivity contribution < 1.29 is 29.3 Å². The highest BCUT2D eigenvalue weighted by Crippen LogP contribution is 2.25. The Balaban J connectivity index is 3.05. The van der Waals surface area contributed by atoms with Crippen molar-refractivity contribution >= 4 is 11.9 Å². The summed E-state index contributed by atoms with van der Waals surface area (Å²) in [6.07, 6.45) is 0.209.